The van der Waals surface area contributed by atoms with Gasteiger partial charge in [0.1, 0.15) is 6.10 Å². The van der Waals surface area contributed by atoms with Gasteiger partial charge in [-0.3, -0.25) is 4.79 Å². The predicted molar refractivity (Wildman–Crippen MR) is 63.4 cm³/mol. The van der Waals surface area contributed by atoms with Gasteiger partial charge in [-0.15, -0.1) is 0 Å². The zero-order chi connectivity index (χ0) is 11.2. The summed E-state index contributed by atoms with van der Waals surface area (Å²) in [6, 6.07) is 10.2. The summed E-state index contributed by atoms with van der Waals surface area (Å²) in [5, 5.41) is 0. The fraction of sp³-hybridized carbons (Fsp3) is 0.500. The van der Waals surface area contributed by atoms with Gasteiger partial charge in [0, 0.05) is 6.42 Å². The molecule has 1 aromatic carbocycles. The van der Waals surface area contributed by atoms with Crippen molar-refractivity contribution in [3.05, 3.63) is 35.9 Å². The molecule has 16 heavy (non-hydrogen) atoms. The van der Waals surface area contributed by atoms with Crippen LogP contribution in [-0.2, 0) is 16.0 Å². The number of hydrogen-bond donors (Lipinski definition) is 0. The van der Waals surface area contributed by atoms with Gasteiger partial charge in [-0.1, -0.05) is 30.3 Å². The Morgan fingerprint density at radius 1 is 1.19 bits per heavy atom. The van der Waals surface area contributed by atoms with Crippen LogP contribution < -0.4 is 0 Å². The Kier molecular flexibility index (Phi) is 4.11. The molecule has 0 bridgehead atoms. The first-order valence-electron chi connectivity index (χ1n) is 6.04. The van der Waals surface area contributed by atoms with Crippen LogP contribution in [-0.4, -0.2) is 18.5 Å². The van der Waals surface area contributed by atoms with Gasteiger partial charge >= 0.3 is 0 Å². The van der Waals surface area contributed by atoms with E-state index in [1.807, 2.05) is 18.2 Å². The van der Waals surface area contributed by atoms with Crippen molar-refractivity contribution < 1.29 is 9.53 Å². The lowest BCUT2D eigenvalue weighted by molar-refractivity contribution is -0.133. The molecular weight excluding hydrogens is 200 g/mol. The van der Waals surface area contributed by atoms with E-state index in [1.165, 1.54) is 5.56 Å². The molecule has 1 atom stereocenters. The molecule has 1 aliphatic rings. The molecule has 1 unspecified atom stereocenters. The van der Waals surface area contributed by atoms with Crippen LogP contribution in [0.3, 0.4) is 0 Å². The molecule has 1 fully saturated rings. The van der Waals surface area contributed by atoms with Crippen molar-refractivity contribution in [2.24, 2.45) is 0 Å². The van der Waals surface area contributed by atoms with Crippen LogP contribution >= 0.6 is 0 Å². The first kappa shape index (κ1) is 11.3. The molecule has 86 valence electrons. The molecule has 2 nitrogen and oxygen atoms in total. The summed E-state index contributed by atoms with van der Waals surface area (Å²) < 4.78 is 5.65. The smallest absolute Gasteiger partial charge is 0.161 e. The van der Waals surface area contributed by atoms with Crippen LogP contribution in [0.5, 0.6) is 0 Å². The largest absolute Gasteiger partial charge is 0.370 e. The highest BCUT2D eigenvalue weighted by Crippen LogP contribution is 2.17. The maximum absolute atomic E-state index is 11.5. The van der Waals surface area contributed by atoms with Crippen molar-refractivity contribution in [1.82, 2.24) is 0 Å². The lowest BCUT2D eigenvalue weighted by atomic mass is 9.96. The van der Waals surface area contributed by atoms with Crippen molar-refractivity contribution >= 4 is 5.78 Å². The van der Waals surface area contributed by atoms with Crippen LogP contribution in [0.25, 0.3) is 0 Å². The first-order valence-corrected chi connectivity index (χ1v) is 6.04. The molecule has 0 amide bonds. The number of rotatable bonds is 4. The predicted octanol–water partition coefficient (Wildman–Crippen LogP) is 2.76. The molecule has 1 aliphatic carbocycles. The van der Waals surface area contributed by atoms with Gasteiger partial charge in [0.25, 0.3) is 0 Å². The fourth-order valence-electron chi connectivity index (χ4n) is 2.09. The summed E-state index contributed by atoms with van der Waals surface area (Å²) in [5.41, 5.74) is 1.27. The lowest BCUT2D eigenvalue weighted by Crippen LogP contribution is -2.28. The minimum atomic E-state index is -0.127. The summed E-state index contributed by atoms with van der Waals surface area (Å²) in [6.45, 7) is 0.653. The van der Waals surface area contributed by atoms with E-state index >= 15 is 0 Å². The second-order valence-electron chi connectivity index (χ2n) is 4.31. The number of Topliss-reactive ketones (excluding diaryl/α,β-unsaturated/α-hetero) is 1. The number of carbonyl (C=O) groups is 1. The molecule has 1 aromatic rings. The minimum absolute atomic E-state index is 0.127. The molecule has 0 heterocycles. The molecule has 0 spiro atoms. The van der Waals surface area contributed by atoms with E-state index in [-0.39, 0.29) is 6.10 Å². The molecular formula is C14H18O2. The second-order valence-corrected chi connectivity index (χ2v) is 4.31. The zero-order valence-corrected chi connectivity index (χ0v) is 9.52. The van der Waals surface area contributed by atoms with Crippen molar-refractivity contribution in [3.63, 3.8) is 0 Å². The molecule has 2 heteroatoms. The van der Waals surface area contributed by atoms with Crippen molar-refractivity contribution in [3.8, 4) is 0 Å². The van der Waals surface area contributed by atoms with Gasteiger partial charge in [-0.05, 0) is 31.2 Å². The average molecular weight is 218 g/mol. The van der Waals surface area contributed by atoms with Crippen LogP contribution in [0.4, 0.5) is 0 Å². The zero-order valence-electron chi connectivity index (χ0n) is 9.52. The highest BCUT2D eigenvalue weighted by Gasteiger charge is 2.22. The number of carbonyl (C=O) groups excluding carboxylic acids is 1. The number of benzene rings is 1. The topological polar surface area (TPSA) is 26.3 Å². The van der Waals surface area contributed by atoms with Crippen LogP contribution in [0.15, 0.2) is 30.3 Å². The summed E-state index contributed by atoms with van der Waals surface area (Å²) in [5.74, 6) is 0.291. The van der Waals surface area contributed by atoms with Crippen molar-refractivity contribution in [2.45, 2.75) is 38.2 Å². The third kappa shape index (κ3) is 3.17. The maximum atomic E-state index is 11.5. The molecule has 0 radical (unpaired) electrons. The molecule has 0 N–H and O–H groups in total. The quantitative estimate of drug-likeness (QED) is 0.776. The highest BCUT2D eigenvalue weighted by atomic mass is 16.5. The number of ketones is 1. The monoisotopic (exact) mass is 218 g/mol. The normalized spacial score (nSPS) is 21.0. The van der Waals surface area contributed by atoms with E-state index in [1.54, 1.807) is 0 Å². The Morgan fingerprint density at radius 2 is 2.00 bits per heavy atom. The summed E-state index contributed by atoms with van der Waals surface area (Å²) in [6.07, 6.45) is 4.55. The highest BCUT2D eigenvalue weighted by molar-refractivity contribution is 5.83. The third-order valence-corrected chi connectivity index (χ3v) is 3.05. The second kappa shape index (κ2) is 5.80. The first-order chi connectivity index (χ1) is 7.86. The SMILES string of the molecule is O=C1CCCCC1OCCc1ccccc1. The molecule has 0 aromatic heterocycles. The van der Waals surface area contributed by atoms with Gasteiger partial charge in [0.2, 0.25) is 0 Å². The van der Waals surface area contributed by atoms with Crippen molar-refractivity contribution in [1.29, 1.82) is 0 Å². The van der Waals surface area contributed by atoms with Gasteiger partial charge in [0.05, 0.1) is 6.61 Å². The van der Waals surface area contributed by atoms with E-state index < -0.39 is 0 Å². The van der Waals surface area contributed by atoms with E-state index in [0.717, 1.165) is 25.7 Å². The average Bonchev–Trinajstić information content (AvgIpc) is 2.33. The van der Waals surface area contributed by atoms with Gasteiger partial charge in [-0.2, -0.15) is 0 Å². The number of hydrogen-bond acceptors (Lipinski definition) is 2. The molecule has 2 rings (SSSR count). The van der Waals surface area contributed by atoms with E-state index in [4.69, 9.17) is 4.74 Å². The standard InChI is InChI=1S/C14H18O2/c15-13-8-4-5-9-14(13)16-11-10-12-6-2-1-3-7-12/h1-3,6-7,14H,4-5,8-11H2. The van der Waals surface area contributed by atoms with Crippen LogP contribution in [0, 0.1) is 0 Å². The maximum Gasteiger partial charge on any atom is 0.161 e. The minimum Gasteiger partial charge on any atom is -0.370 e. The Balaban J connectivity index is 1.73. The van der Waals surface area contributed by atoms with E-state index in [9.17, 15) is 4.79 Å². The van der Waals surface area contributed by atoms with E-state index in [2.05, 4.69) is 12.1 Å². The third-order valence-electron chi connectivity index (χ3n) is 3.05. The Bertz CT molecular complexity index is 332. The van der Waals surface area contributed by atoms with Gasteiger partial charge in [-0.25, -0.2) is 0 Å². The summed E-state index contributed by atoms with van der Waals surface area (Å²) in [4.78, 5) is 11.5. The van der Waals surface area contributed by atoms with Crippen LogP contribution in [0.2, 0.25) is 0 Å². The molecule has 0 saturated heterocycles. The Hall–Kier alpha value is -1.15. The van der Waals surface area contributed by atoms with E-state index in [0.29, 0.717) is 18.8 Å². The summed E-state index contributed by atoms with van der Waals surface area (Å²) >= 11 is 0. The van der Waals surface area contributed by atoms with Gasteiger partial charge < -0.3 is 4.74 Å². The Morgan fingerprint density at radius 3 is 2.75 bits per heavy atom. The fourth-order valence-corrected chi connectivity index (χ4v) is 2.09. The lowest BCUT2D eigenvalue weighted by Gasteiger charge is -2.20. The van der Waals surface area contributed by atoms with Crippen LogP contribution in [0.1, 0.15) is 31.2 Å². The summed E-state index contributed by atoms with van der Waals surface area (Å²) in [7, 11) is 0. The Labute approximate surface area is 96.6 Å². The van der Waals surface area contributed by atoms with Gasteiger partial charge in [0.15, 0.2) is 5.78 Å². The molecule has 0 aliphatic heterocycles. The molecule has 1 saturated carbocycles. The number of ether oxygens (including phenoxy) is 1. The van der Waals surface area contributed by atoms with Crippen molar-refractivity contribution in [2.75, 3.05) is 6.61 Å².